The molecule has 0 spiro atoms. The van der Waals surface area contributed by atoms with E-state index in [9.17, 15) is 4.79 Å². The number of carbonyl (C=O) groups excluding carboxylic acids is 1. The molecule has 7 nitrogen and oxygen atoms in total. The quantitative estimate of drug-likeness (QED) is 0.869. The molecule has 0 saturated carbocycles. The Morgan fingerprint density at radius 2 is 1.92 bits per heavy atom. The van der Waals surface area contributed by atoms with Gasteiger partial charge in [-0.25, -0.2) is 4.79 Å². The first-order valence-electron chi connectivity index (χ1n) is 8.55. The highest BCUT2D eigenvalue weighted by Gasteiger charge is 2.26. The molecule has 0 atom stereocenters. The van der Waals surface area contributed by atoms with Crippen molar-refractivity contribution >= 4 is 11.8 Å². The SMILES string of the molecule is CCCc1c(N)c(-c2cc(OC)ccc2OC)nn1C(=O)OC(C)(C)C. The minimum Gasteiger partial charge on any atom is -0.497 e. The summed E-state index contributed by atoms with van der Waals surface area (Å²) in [6.07, 6.45) is 0.860. The van der Waals surface area contributed by atoms with Crippen LogP contribution >= 0.6 is 0 Å². The van der Waals surface area contributed by atoms with Gasteiger partial charge in [-0.05, 0) is 45.4 Å². The minimum absolute atomic E-state index is 0.435. The molecule has 2 N–H and O–H groups in total. The Balaban J connectivity index is 2.61. The second-order valence-electron chi connectivity index (χ2n) is 6.92. The van der Waals surface area contributed by atoms with E-state index in [2.05, 4.69) is 5.10 Å². The maximum absolute atomic E-state index is 12.6. The van der Waals surface area contributed by atoms with E-state index in [-0.39, 0.29) is 0 Å². The summed E-state index contributed by atoms with van der Waals surface area (Å²) in [5, 5.41) is 4.45. The van der Waals surface area contributed by atoms with Gasteiger partial charge in [-0.1, -0.05) is 13.3 Å². The van der Waals surface area contributed by atoms with E-state index >= 15 is 0 Å². The molecular weight excluding hydrogens is 334 g/mol. The highest BCUT2D eigenvalue weighted by molar-refractivity contribution is 5.83. The summed E-state index contributed by atoms with van der Waals surface area (Å²) in [5.74, 6) is 1.23. The van der Waals surface area contributed by atoms with Crippen LogP contribution in [0.4, 0.5) is 10.5 Å². The number of nitrogen functional groups attached to an aromatic ring is 1. The van der Waals surface area contributed by atoms with E-state index in [0.717, 1.165) is 6.42 Å². The van der Waals surface area contributed by atoms with Crippen LogP contribution in [0, 0.1) is 0 Å². The molecule has 0 radical (unpaired) electrons. The number of ether oxygens (including phenoxy) is 3. The molecular formula is C19H27N3O4. The normalized spacial score (nSPS) is 11.3. The summed E-state index contributed by atoms with van der Waals surface area (Å²) in [5.41, 5.74) is 7.91. The lowest BCUT2D eigenvalue weighted by molar-refractivity contribution is 0.0510. The third-order valence-corrected chi connectivity index (χ3v) is 3.74. The average molecular weight is 361 g/mol. The number of hydrogen-bond donors (Lipinski definition) is 1. The van der Waals surface area contributed by atoms with Gasteiger partial charge >= 0.3 is 6.09 Å². The molecule has 0 aliphatic carbocycles. The second kappa shape index (κ2) is 7.68. The maximum Gasteiger partial charge on any atom is 0.435 e. The third kappa shape index (κ3) is 4.09. The lowest BCUT2D eigenvalue weighted by atomic mass is 10.1. The number of methoxy groups -OCH3 is 2. The monoisotopic (exact) mass is 361 g/mol. The van der Waals surface area contributed by atoms with Crippen LogP contribution in [0.25, 0.3) is 11.3 Å². The molecule has 0 fully saturated rings. The van der Waals surface area contributed by atoms with Gasteiger partial charge in [0.05, 0.1) is 25.6 Å². The Hall–Kier alpha value is -2.70. The standard InChI is InChI=1S/C19H27N3O4/c1-7-8-14-16(20)17(21-22(14)18(23)26-19(2,3)4)13-11-12(24-5)9-10-15(13)25-6/h9-11H,7-8,20H2,1-6H3. The van der Waals surface area contributed by atoms with Gasteiger partial charge in [0.2, 0.25) is 0 Å². The van der Waals surface area contributed by atoms with Gasteiger partial charge < -0.3 is 19.9 Å². The number of hydrogen-bond acceptors (Lipinski definition) is 6. The molecule has 7 heteroatoms. The summed E-state index contributed by atoms with van der Waals surface area (Å²) in [6, 6.07) is 5.35. The molecule has 0 saturated heterocycles. The Morgan fingerprint density at radius 1 is 1.23 bits per heavy atom. The van der Waals surface area contributed by atoms with Crippen molar-refractivity contribution in [2.45, 2.75) is 46.1 Å². The van der Waals surface area contributed by atoms with Crippen molar-refractivity contribution in [3.63, 3.8) is 0 Å². The molecule has 1 aromatic carbocycles. The highest BCUT2D eigenvalue weighted by Crippen LogP contribution is 2.37. The van der Waals surface area contributed by atoms with Gasteiger partial charge in [-0.2, -0.15) is 9.78 Å². The molecule has 0 aliphatic rings. The molecule has 0 unspecified atom stereocenters. The largest absolute Gasteiger partial charge is 0.497 e. The van der Waals surface area contributed by atoms with Crippen LogP contribution in [0.3, 0.4) is 0 Å². The van der Waals surface area contributed by atoms with E-state index in [1.165, 1.54) is 4.68 Å². The topological polar surface area (TPSA) is 88.6 Å². The van der Waals surface area contributed by atoms with Gasteiger partial charge in [0, 0.05) is 5.56 Å². The van der Waals surface area contributed by atoms with E-state index in [1.807, 2.05) is 27.7 Å². The second-order valence-corrected chi connectivity index (χ2v) is 6.92. The van der Waals surface area contributed by atoms with Crippen LogP contribution in [0.15, 0.2) is 18.2 Å². The maximum atomic E-state index is 12.6. The zero-order valence-electron chi connectivity index (χ0n) is 16.3. The fourth-order valence-electron chi connectivity index (χ4n) is 2.60. The number of nitrogens with two attached hydrogens (primary N) is 1. The van der Waals surface area contributed by atoms with Crippen LogP contribution in [0.2, 0.25) is 0 Å². The Morgan fingerprint density at radius 3 is 2.46 bits per heavy atom. The number of rotatable bonds is 5. The first-order chi connectivity index (χ1) is 12.2. The smallest absolute Gasteiger partial charge is 0.435 e. The molecule has 1 heterocycles. The number of anilines is 1. The van der Waals surface area contributed by atoms with Crippen LogP contribution < -0.4 is 15.2 Å². The number of benzene rings is 1. The van der Waals surface area contributed by atoms with Crippen molar-refractivity contribution in [2.75, 3.05) is 20.0 Å². The third-order valence-electron chi connectivity index (χ3n) is 3.74. The lowest BCUT2D eigenvalue weighted by Crippen LogP contribution is -2.28. The Kier molecular flexibility index (Phi) is 5.79. The summed E-state index contributed by atoms with van der Waals surface area (Å²) in [6.45, 7) is 7.44. The molecule has 0 aliphatic heterocycles. The van der Waals surface area contributed by atoms with Crippen LogP contribution in [-0.2, 0) is 11.2 Å². The summed E-state index contributed by atoms with van der Waals surface area (Å²) < 4.78 is 17.4. The van der Waals surface area contributed by atoms with Crippen molar-refractivity contribution in [1.82, 2.24) is 9.78 Å². The van der Waals surface area contributed by atoms with E-state index < -0.39 is 11.7 Å². The Labute approximate surface area is 154 Å². The van der Waals surface area contributed by atoms with Crippen molar-refractivity contribution in [3.8, 4) is 22.8 Å². The number of aromatic nitrogens is 2. The number of nitrogens with zero attached hydrogens (tertiary/aromatic N) is 2. The molecule has 26 heavy (non-hydrogen) atoms. The first kappa shape index (κ1) is 19.6. The van der Waals surface area contributed by atoms with E-state index in [1.54, 1.807) is 32.4 Å². The molecule has 2 aromatic rings. The molecule has 1 aromatic heterocycles. The van der Waals surface area contributed by atoms with Crippen molar-refractivity contribution < 1.29 is 19.0 Å². The zero-order chi connectivity index (χ0) is 19.5. The fraction of sp³-hybridized carbons (Fsp3) is 0.474. The predicted molar refractivity (Wildman–Crippen MR) is 101 cm³/mol. The molecule has 0 bridgehead atoms. The van der Waals surface area contributed by atoms with E-state index in [4.69, 9.17) is 19.9 Å². The minimum atomic E-state index is -0.630. The predicted octanol–water partition coefficient (Wildman–Crippen LogP) is 3.89. The summed E-state index contributed by atoms with van der Waals surface area (Å²) in [4.78, 5) is 12.6. The van der Waals surface area contributed by atoms with Crippen molar-refractivity contribution in [1.29, 1.82) is 0 Å². The molecule has 0 amide bonds. The lowest BCUT2D eigenvalue weighted by Gasteiger charge is -2.19. The first-order valence-corrected chi connectivity index (χ1v) is 8.55. The van der Waals surface area contributed by atoms with Crippen molar-refractivity contribution in [3.05, 3.63) is 23.9 Å². The van der Waals surface area contributed by atoms with Gasteiger partial charge in [-0.3, -0.25) is 0 Å². The van der Waals surface area contributed by atoms with Gasteiger partial charge in [0.25, 0.3) is 0 Å². The van der Waals surface area contributed by atoms with Crippen molar-refractivity contribution in [2.24, 2.45) is 0 Å². The van der Waals surface area contributed by atoms with Gasteiger partial charge in [0.1, 0.15) is 22.8 Å². The van der Waals surface area contributed by atoms with E-state index in [0.29, 0.717) is 40.6 Å². The molecule has 142 valence electrons. The Bertz CT molecular complexity index is 791. The molecule has 2 rings (SSSR count). The zero-order valence-corrected chi connectivity index (χ0v) is 16.3. The highest BCUT2D eigenvalue weighted by atomic mass is 16.6. The summed E-state index contributed by atoms with van der Waals surface area (Å²) in [7, 11) is 3.15. The summed E-state index contributed by atoms with van der Waals surface area (Å²) >= 11 is 0. The van der Waals surface area contributed by atoms with Crippen LogP contribution in [-0.4, -0.2) is 35.7 Å². The fourth-order valence-corrected chi connectivity index (χ4v) is 2.60. The van der Waals surface area contributed by atoms with Gasteiger partial charge in [0.15, 0.2) is 0 Å². The number of carbonyl (C=O) groups is 1. The average Bonchev–Trinajstić information content (AvgIpc) is 2.90. The van der Waals surface area contributed by atoms with Crippen LogP contribution in [0.5, 0.6) is 11.5 Å². The van der Waals surface area contributed by atoms with Gasteiger partial charge in [-0.15, -0.1) is 0 Å². The van der Waals surface area contributed by atoms with Crippen LogP contribution in [0.1, 0.15) is 39.8 Å².